The smallest absolute Gasteiger partial charge is 0.311 e. The van der Waals surface area contributed by atoms with Gasteiger partial charge in [-0.2, -0.15) is 0 Å². The van der Waals surface area contributed by atoms with E-state index in [-0.39, 0.29) is 17.8 Å². The highest BCUT2D eigenvalue weighted by molar-refractivity contribution is 5.74. The normalized spacial score (nSPS) is 57.8. The third kappa shape index (κ3) is 1.46. The van der Waals surface area contributed by atoms with Crippen LogP contribution in [0.5, 0.6) is 0 Å². The lowest BCUT2D eigenvalue weighted by atomic mass is 9.58. The number of fused-ring (bicyclic) bond motifs is 2. The van der Waals surface area contributed by atoms with Gasteiger partial charge in [-0.1, -0.05) is 13.8 Å². The minimum Gasteiger partial charge on any atom is -0.432 e. The number of esters is 1. The Morgan fingerprint density at radius 2 is 1.90 bits per heavy atom. The van der Waals surface area contributed by atoms with Crippen LogP contribution in [-0.2, 0) is 24.0 Å². The lowest BCUT2D eigenvalue weighted by molar-refractivity contribution is -0.559. The molecule has 0 N–H and O–H groups in total. The van der Waals surface area contributed by atoms with E-state index in [1.54, 1.807) is 0 Å². The number of rotatable bonds is 0. The van der Waals surface area contributed by atoms with Crippen LogP contribution in [0.15, 0.2) is 0 Å². The molecule has 0 aromatic carbocycles. The molecule has 2 bridgehead atoms. The fourth-order valence-corrected chi connectivity index (χ4v) is 4.76. The van der Waals surface area contributed by atoms with Crippen molar-refractivity contribution in [2.75, 3.05) is 0 Å². The van der Waals surface area contributed by atoms with E-state index in [1.165, 1.54) is 0 Å². The first kappa shape index (κ1) is 13.0. The number of ether oxygens (including phenoxy) is 2. The fourth-order valence-electron chi connectivity index (χ4n) is 4.76. The highest BCUT2D eigenvalue weighted by atomic mass is 17.3. The summed E-state index contributed by atoms with van der Waals surface area (Å²) < 4.78 is 11.6. The lowest BCUT2D eigenvalue weighted by Gasteiger charge is -2.57. The maximum absolute atomic E-state index is 12.1. The molecule has 20 heavy (non-hydrogen) atoms. The third-order valence-electron chi connectivity index (χ3n) is 5.97. The number of carbonyl (C=O) groups is 1. The van der Waals surface area contributed by atoms with Crippen LogP contribution < -0.4 is 0 Å². The summed E-state index contributed by atoms with van der Waals surface area (Å²) in [5, 5.41) is 0. The van der Waals surface area contributed by atoms with Gasteiger partial charge in [-0.15, -0.1) is 0 Å². The molecule has 1 spiro atoms. The minimum absolute atomic E-state index is 0.123. The van der Waals surface area contributed by atoms with Crippen molar-refractivity contribution >= 4 is 5.97 Å². The van der Waals surface area contributed by atoms with E-state index in [1.807, 2.05) is 13.8 Å². The zero-order chi connectivity index (χ0) is 14.1. The second-order valence-electron chi connectivity index (χ2n) is 7.14. The third-order valence-corrected chi connectivity index (χ3v) is 5.97. The van der Waals surface area contributed by atoms with Crippen LogP contribution >= 0.6 is 0 Å². The molecule has 5 nitrogen and oxygen atoms in total. The molecule has 0 amide bonds. The monoisotopic (exact) mass is 282 g/mol. The summed E-state index contributed by atoms with van der Waals surface area (Å²) >= 11 is 0. The molecule has 0 radical (unpaired) electrons. The van der Waals surface area contributed by atoms with Gasteiger partial charge in [-0.25, -0.2) is 9.78 Å². The predicted molar refractivity (Wildman–Crippen MR) is 68.0 cm³/mol. The van der Waals surface area contributed by atoms with Crippen molar-refractivity contribution in [3.05, 3.63) is 0 Å². The van der Waals surface area contributed by atoms with E-state index in [4.69, 9.17) is 19.2 Å². The molecule has 7 atom stereocenters. The standard InChI is InChI=1S/C15H22O5/c1-8-4-5-11-9(2)12(16)17-13-15(11)10(8)6-7-14(3,18-13)19-20-15/h8-11,13H,4-7H2,1-3H3/t8-,9-,10?,11+,13-,14?,15?/m1/s1. The molecular weight excluding hydrogens is 260 g/mol. The Labute approximate surface area is 118 Å². The van der Waals surface area contributed by atoms with Gasteiger partial charge in [0.1, 0.15) is 0 Å². The lowest BCUT2D eigenvalue weighted by Crippen LogP contribution is -2.69. The molecule has 112 valence electrons. The first-order chi connectivity index (χ1) is 9.46. The predicted octanol–water partition coefficient (Wildman–Crippen LogP) is 2.39. The van der Waals surface area contributed by atoms with Crippen LogP contribution in [0.3, 0.4) is 0 Å². The molecule has 0 aromatic heterocycles. The van der Waals surface area contributed by atoms with E-state index in [9.17, 15) is 4.79 Å². The van der Waals surface area contributed by atoms with E-state index in [0.29, 0.717) is 11.8 Å². The molecular formula is C15H22O5. The maximum atomic E-state index is 12.1. The maximum Gasteiger partial charge on any atom is 0.311 e. The van der Waals surface area contributed by atoms with Crippen LogP contribution in [0, 0.1) is 23.7 Å². The van der Waals surface area contributed by atoms with Crippen molar-refractivity contribution in [2.24, 2.45) is 23.7 Å². The summed E-state index contributed by atoms with van der Waals surface area (Å²) in [5.41, 5.74) is -0.610. The minimum atomic E-state index is -0.793. The average molecular weight is 282 g/mol. The Balaban J connectivity index is 1.84. The quantitative estimate of drug-likeness (QED) is 0.504. The molecule has 1 aliphatic carbocycles. The molecule has 0 aromatic rings. The SMILES string of the molecule is C[C@@H]1CC[C@H]2[C@@H](C)C(=O)O[C@@H]3OC4(C)CCC1C32OO4. The van der Waals surface area contributed by atoms with Gasteiger partial charge in [0.2, 0.25) is 12.1 Å². The molecule has 4 aliphatic heterocycles. The molecule has 4 heterocycles. The Kier molecular flexibility index (Phi) is 2.58. The van der Waals surface area contributed by atoms with Crippen molar-refractivity contribution in [3.63, 3.8) is 0 Å². The van der Waals surface area contributed by atoms with E-state index in [0.717, 1.165) is 25.7 Å². The van der Waals surface area contributed by atoms with Gasteiger partial charge < -0.3 is 9.47 Å². The molecule has 4 saturated heterocycles. The summed E-state index contributed by atoms with van der Waals surface area (Å²) in [4.78, 5) is 23.7. The summed E-state index contributed by atoms with van der Waals surface area (Å²) in [6, 6.07) is 0. The van der Waals surface area contributed by atoms with Crippen LogP contribution in [-0.4, -0.2) is 23.6 Å². The first-order valence-corrected chi connectivity index (χ1v) is 7.71. The zero-order valence-corrected chi connectivity index (χ0v) is 12.3. The van der Waals surface area contributed by atoms with Gasteiger partial charge in [0, 0.05) is 18.3 Å². The molecule has 5 heteroatoms. The molecule has 1 saturated carbocycles. The molecule has 5 rings (SSSR count). The van der Waals surface area contributed by atoms with Crippen molar-refractivity contribution in [2.45, 2.75) is 64.1 Å². The topological polar surface area (TPSA) is 54.0 Å². The van der Waals surface area contributed by atoms with Crippen LogP contribution in [0.25, 0.3) is 0 Å². The van der Waals surface area contributed by atoms with Crippen molar-refractivity contribution < 1.29 is 24.0 Å². The molecule has 3 unspecified atom stereocenters. The summed E-state index contributed by atoms with van der Waals surface area (Å²) in [6.07, 6.45) is 3.24. The van der Waals surface area contributed by atoms with Crippen LogP contribution in [0.4, 0.5) is 0 Å². The highest BCUT2D eigenvalue weighted by Crippen LogP contribution is 2.59. The average Bonchev–Trinajstić information content (AvgIpc) is 2.63. The zero-order valence-electron chi connectivity index (χ0n) is 12.3. The Bertz CT molecular complexity index is 452. The van der Waals surface area contributed by atoms with E-state index < -0.39 is 17.7 Å². The van der Waals surface area contributed by atoms with Gasteiger partial charge in [0.05, 0.1) is 5.92 Å². The summed E-state index contributed by atoms with van der Waals surface area (Å²) in [7, 11) is 0. The second kappa shape index (κ2) is 3.96. The van der Waals surface area contributed by atoms with Gasteiger partial charge in [0.25, 0.3) is 0 Å². The van der Waals surface area contributed by atoms with Gasteiger partial charge in [-0.05, 0) is 32.1 Å². The van der Waals surface area contributed by atoms with Crippen LogP contribution in [0.1, 0.15) is 46.5 Å². The van der Waals surface area contributed by atoms with Crippen molar-refractivity contribution in [1.82, 2.24) is 0 Å². The van der Waals surface area contributed by atoms with Gasteiger partial charge in [-0.3, -0.25) is 4.79 Å². The van der Waals surface area contributed by atoms with Crippen LogP contribution in [0.2, 0.25) is 0 Å². The van der Waals surface area contributed by atoms with Gasteiger partial charge in [0.15, 0.2) is 5.60 Å². The van der Waals surface area contributed by atoms with Crippen molar-refractivity contribution in [1.29, 1.82) is 0 Å². The Hall–Kier alpha value is -0.650. The fraction of sp³-hybridized carbons (Fsp3) is 0.933. The van der Waals surface area contributed by atoms with Gasteiger partial charge >= 0.3 is 5.97 Å². The van der Waals surface area contributed by atoms with E-state index >= 15 is 0 Å². The second-order valence-corrected chi connectivity index (χ2v) is 7.14. The summed E-state index contributed by atoms with van der Waals surface area (Å²) in [5.74, 6) is -0.137. The highest BCUT2D eigenvalue weighted by Gasteiger charge is 2.69. The largest absolute Gasteiger partial charge is 0.432 e. The summed E-state index contributed by atoms with van der Waals surface area (Å²) in [6.45, 7) is 6.06. The Morgan fingerprint density at radius 3 is 2.70 bits per heavy atom. The first-order valence-electron chi connectivity index (χ1n) is 7.71. The number of hydrogen-bond acceptors (Lipinski definition) is 5. The molecule has 5 aliphatic rings. The van der Waals surface area contributed by atoms with Crippen molar-refractivity contribution in [3.8, 4) is 0 Å². The number of carbonyl (C=O) groups excluding carboxylic acids is 1. The Morgan fingerprint density at radius 1 is 1.10 bits per heavy atom. The number of hydrogen-bond donors (Lipinski definition) is 0. The van der Waals surface area contributed by atoms with E-state index in [2.05, 4.69) is 6.92 Å². The molecule has 5 fully saturated rings.